The van der Waals surface area contributed by atoms with E-state index in [1.54, 1.807) is 47.3 Å². The second kappa shape index (κ2) is 30.0. The van der Waals surface area contributed by atoms with E-state index >= 15 is 0 Å². The number of likely N-dealkylation sites (tertiary alicyclic amines) is 2. The van der Waals surface area contributed by atoms with Crippen LogP contribution in [0.4, 0.5) is 52.4 Å². The lowest BCUT2D eigenvalue weighted by atomic mass is 9.99. The van der Waals surface area contributed by atoms with Crippen molar-refractivity contribution in [2.24, 2.45) is 0 Å². The number of benzene rings is 3. The molecule has 9 N–H and O–H groups in total. The number of nitrogens with one attached hydrogen (secondary N) is 9. The van der Waals surface area contributed by atoms with Gasteiger partial charge in [0.2, 0.25) is 17.8 Å². The average molecular weight is 1390 g/mol. The van der Waals surface area contributed by atoms with Crippen molar-refractivity contribution < 1.29 is 52.3 Å². The third kappa shape index (κ3) is 13.9. The fraction of sp³-hybridized carbons (Fsp3) is 0.435. The van der Waals surface area contributed by atoms with Crippen molar-refractivity contribution in [2.45, 2.75) is 58.9 Å². The number of nitrogens with zero attached hydrogens (tertiary/aromatic N) is 10. The number of rotatable bonds is 14. The number of hydrogen-bond acceptors (Lipinski definition) is 24. The molecule has 9 aromatic rings. The van der Waals surface area contributed by atoms with Gasteiger partial charge < -0.3 is 104 Å². The number of carbonyl (C=O) groups excluding carboxylic acids is 3. The summed E-state index contributed by atoms with van der Waals surface area (Å²) in [5, 5.41) is 22.4. The summed E-state index contributed by atoms with van der Waals surface area (Å²) < 4.78 is 46.2. The molecule has 3 amide bonds. The first kappa shape index (κ1) is 66.9. The van der Waals surface area contributed by atoms with Gasteiger partial charge >= 0.3 is 0 Å². The second-order valence-corrected chi connectivity index (χ2v) is 25.2. The molecule has 0 spiro atoms. The topological polar surface area (TPSA) is 335 Å². The summed E-state index contributed by atoms with van der Waals surface area (Å²) >= 11 is 6.28. The fourth-order valence-electron chi connectivity index (χ4n) is 13.5. The number of amides is 3. The van der Waals surface area contributed by atoms with Gasteiger partial charge in [-0.2, -0.15) is 29.9 Å². The van der Waals surface area contributed by atoms with Gasteiger partial charge in [-0.15, -0.1) is 0 Å². The first-order valence-corrected chi connectivity index (χ1v) is 34.5. The van der Waals surface area contributed by atoms with E-state index in [0.29, 0.717) is 201 Å². The monoisotopic (exact) mass is 1390 g/mol. The van der Waals surface area contributed by atoms with Crippen LogP contribution in [0, 0.1) is 13.8 Å². The SMILES string of the molecule is CCNc1nc(Nc2ccc(C(=O)N3CCOCC3)c3c2OCCO3)nc2[nH]cc(C)c12.CNc1nc(Nc2ccc(C(=O)N3CCC(N4CCCCC4)CC3)c3c2OCCO3)nc2[nH]cc(Cl)c12.CNc1nc(Nc2ccc(C(=O)N3CCOCC3)c3c2OCCO3)nc2[nH]cc(C)c12. The minimum Gasteiger partial charge on any atom is -0.485 e. The fourth-order valence-corrected chi connectivity index (χ4v) is 13.8. The maximum atomic E-state index is 13.6. The van der Waals surface area contributed by atoms with E-state index in [1.807, 2.05) is 57.2 Å². The predicted octanol–water partition coefficient (Wildman–Crippen LogP) is 9.24. The van der Waals surface area contributed by atoms with E-state index in [-0.39, 0.29) is 17.7 Å². The number of aromatic nitrogens is 9. The molecule has 0 unspecified atom stereocenters. The molecule has 7 aliphatic rings. The van der Waals surface area contributed by atoms with Gasteiger partial charge in [-0.3, -0.25) is 14.4 Å². The van der Waals surface area contributed by atoms with Gasteiger partial charge in [0.05, 0.1) is 81.4 Å². The molecular weight excluding hydrogens is 1310 g/mol. The van der Waals surface area contributed by atoms with Crippen LogP contribution in [0.15, 0.2) is 55.0 Å². The smallest absolute Gasteiger partial charge is 0.257 e. The van der Waals surface area contributed by atoms with Crippen LogP contribution in [0.5, 0.6) is 34.5 Å². The van der Waals surface area contributed by atoms with E-state index in [1.165, 1.54) is 32.4 Å². The van der Waals surface area contributed by atoms with Crippen molar-refractivity contribution in [3.05, 3.63) is 87.8 Å². The number of H-pyrrole nitrogens is 3. The molecule has 0 bridgehead atoms. The Morgan fingerprint density at radius 2 is 0.830 bits per heavy atom. The number of hydrogen-bond donors (Lipinski definition) is 9. The number of halogens is 1. The molecule has 30 nitrogen and oxygen atoms in total. The molecule has 526 valence electrons. The summed E-state index contributed by atoms with van der Waals surface area (Å²) in [4.78, 5) is 84.8. The standard InChI is InChI=1S/C26H32ClN7O3.C22H26N6O4.C21H24N6O4/c1-28-23-20-18(27)15-29-24(20)32-26(31-23)30-19-6-5-17(21-22(19)37-14-13-36-21)25(35)34-11-7-16(8-12-34)33-9-3-2-4-10-33;1-3-23-19-16-13(2)12-24-20(16)27-22(26-19)25-15-5-4-14(17-18(15)32-11-10-31-17)21(29)28-6-8-30-9-7-28;1-12-11-23-19-15(12)18(22-2)25-21(26-19)24-14-4-3-13(16-17(14)31-10-9-30-16)20(28)27-5-7-29-8-6-27/h5-6,15-16H,2-4,7-14H2,1H3,(H3,28,29,30,31,32);4-5,12H,3,6-11H2,1-2H3,(H3,23,24,25,26,27);3-4,11H,5-10H2,1-2H3,(H3,22,23,24,25,26). The molecule has 6 aromatic heterocycles. The van der Waals surface area contributed by atoms with E-state index in [9.17, 15) is 14.4 Å². The Balaban J connectivity index is 0.000000128. The summed E-state index contributed by atoms with van der Waals surface area (Å²) in [5.41, 5.74) is 7.61. The highest BCUT2D eigenvalue weighted by molar-refractivity contribution is 6.36. The zero-order chi connectivity index (χ0) is 68.8. The lowest BCUT2D eigenvalue weighted by molar-refractivity contribution is 0.0296. The number of piperidine rings is 2. The van der Waals surface area contributed by atoms with Gasteiger partial charge in [0.15, 0.2) is 34.5 Å². The third-order valence-electron chi connectivity index (χ3n) is 18.5. The first-order chi connectivity index (χ1) is 48.9. The van der Waals surface area contributed by atoms with Crippen molar-refractivity contribution in [3.63, 3.8) is 0 Å². The number of carbonyl (C=O) groups is 3. The van der Waals surface area contributed by atoms with Gasteiger partial charge in [0.25, 0.3) is 17.7 Å². The summed E-state index contributed by atoms with van der Waals surface area (Å²) in [6.45, 7) is 17.4. The molecule has 0 aliphatic carbocycles. The zero-order valence-electron chi connectivity index (χ0n) is 56.6. The largest absolute Gasteiger partial charge is 0.485 e. The molecule has 4 saturated heterocycles. The number of morpholine rings is 2. The van der Waals surface area contributed by atoms with Crippen molar-refractivity contribution in [3.8, 4) is 34.5 Å². The molecule has 7 aliphatic heterocycles. The molecule has 16 rings (SSSR count). The van der Waals surface area contributed by atoms with E-state index in [4.69, 9.17) is 49.5 Å². The molecule has 100 heavy (non-hydrogen) atoms. The molecule has 3 aromatic carbocycles. The molecule has 4 fully saturated rings. The van der Waals surface area contributed by atoms with Crippen LogP contribution in [-0.2, 0) is 9.47 Å². The number of anilines is 9. The Kier molecular flexibility index (Phi) is 20.1. The molecule has 31 heteroatoms. The van der Waals surface area contributed by atoms with Crippen LogP contribution in [-0.4, -0.2) is 227 Å². The number of aromatic amines is 3. The van der Waals surface area contributed by atoms with Gasteiger partial charge in [0.1, 0.15) is 74.0 Å². The van der Waals surface area contributed by atoms with Crippen molar-refractivity contribution >= 4 is 115 Å². The minimum atomic E-state index is -0.0893. The van der Waals surface area contributed by atoms with Crippen molar-refractivity contribution in [1.29, 1.82) is 0 Å². The van der Waals surface area contributed by atoms with Crippen LogP contribution in [0.25, 0.3) is 33.1 Å². The molecule has 0 atom stereocenters. The third-order valence-corrected chi connectivity index (χ3v) is 18.8. The van der Waals surface area contributed by atoms with Gasteiger partial charge in [-0.25, -0.2) is 0 Å². The molecule has 0 radical (unpaired) electrons. The van der Waals surface area contributed by atoms with Crippen LogP contribution >= 0.6 is 11.6 Å². The molecule has 13 heterocycles. The maximum absolute atomic E-state index is 13.6. The summed E-state index contributed by atoms with van der Waals surface area (Å²) in [6, 6.07) is 11.3. The maximum Gasteiger partial charge on any atom is 0.257 e. The lowest BCUT2D eigenvalue weighted by Gasteiger charge is -2.40. The number of ether oxygens (including phenoxy) is 8. The number of fused-ring (bicyclic) bond motifs is 6. The van der Waals surface area contributed by atoms with Gasteiger partial charge in [-0.1, -0.05) is 18.0 Å². The van der Waals surface area contributed by atoms with Crippen molar-refractivity contribution in [1.82, 2.24) is 64.5 Å². The first-order valence-electron chi connectivity index (χ1n) is 34.1. The summed E-state index contributed by atoms with van der Waals surface area (Å²) in [5.74, 6) is 5.91. The second-order valence-electron chi connectivity index (χ2n) is 24.8. The van der Waals surface area contributed by atoms with Crippen LogP contribution in [0.2, 0.25) is 5.02 Å². The highest BCUT2D eigenvalue weighted by Gasteiger charge is 2.34. The average Bonchev–Trinajstić information content (AvgIpc) is 0.969. The van der Waals surface area contributed by atoms with Crippen LogP contribution in [0.3, 0.4) is 0 Å². The lowest BCUT2D eigenvalue weighted by Crippen LogP contribution is -2.48. The Morgan fingerprint density at radius 1 is 0.460 bits per heavy atom. The van der Waals surface area contributed by atoms with Crippen molar-refractivity contribution in [2.75, 3.05) is 171 Å². The van der Waals surface area contributed by atoms with Crippen LogP contribution < -0.4 is 60.3 Å². The molecule has 0 saturated carbocycles. The predicted molar refractivity (Wildman–Crippen MR) is 379 cm³/mol. The molecular formula is C69H82ClN19O11. The Labute approximate surface area is 581 Å². The quantitative estimate of drug-likeness (QED) is 0.0489. The van der Waals surface area contributed by atoms with Gasteiger partial charge in [0, 0.05) is 84.5 Å². The minimum absolute atomic E-state index is 0.0124. The zero-order valence-corrected chi connectivity index (χ0v) is 57.3. The highest BCUT2D eigenvalue weighted by atomic mass is 35.5. The van der Waals surface area contributed by atoms with Gasteiger partial charge in [-0.05, 0) is 107 Å². The van der Waals surface area contributed by atoms with E-state index < -0.39 is 0 Å². The van der Waals surface area contributed by atoms with E-state index in [2.05, 4.69) is 81.7 Å². The summed E-state index contributed by atoms with van der Waals surface area (Å²) in [6.07, 6.45) is 11.4. The van der Waals surface area contributed by atoms with Crippen LogP contribution in [0.1, 0.15) is 81.2 Å². The Bertz CT molecular complexity index is 4480. The number of aryl methyl sites for hydroxylation is 2. The Hall–Kier alpha value is -10.3. The Morgan fingerprint density at radius 3 is 1.25 bits per heavy atom. The summed E-state index contributed by atoms with van der Waals surface area (Å²) in [7, 11) is 3.60. The van der Waals surface area contributed by atoms with E-state index in [0.717, 1.165) is 82.7 Å². The normalized spacial score (nSPS) is 16.8. The highest BCUT2D eigenvalue weighted by Crippen LogP contribution is 2.46.